The molecule has 1 aromatic heterocycles. The normalized spacial score (nSPS) is 23.8. The first kappa shape index (κ1) is 14.2. The molecule has 1 aliphatic carbocycles. The summed E-state index contributed by atoms with van der Waals surface area (Å²) in [5.74, 6) is 0.120. The predicted molar refractivity (Wildman–Crippen MR) is 91.0 cm³/mol. The maximum Gasteiger partial charge on any atom is 0.217 e. The highest BCUT2D eigenvalue weighted by Gasteiger charge is 2.55. The molecule has 1 aliphatic heterocycles. The summed E-state index contributed by atoms with van der Waals surface area (Å²) >= 11 is 1.92. The summed E-state index contributed by atoms with van der Waals surface area (Å²) in [6, 6.07) is 11.4. The van der Waals surface area contributed by atoms with Gasteiger partial charge in [-0.3, -0.25) is 9.69 Å². The molecular weight excluding hydrogens is 292 g/mol. The van der Waals surface area contributed by atoms with Crippen molar-refractivity contribution < 1.29 is 4.79 Å². The second-order valence-corrected chi connectivity index (χ2v) is 8.01. The molecule has 4 heteroatoms. The van der Waals surface area contributed by atoms with E-state index in [1.165, 1.54) is 34.2 Å². The van der Waals surface area contributed by atoms with E-state index in [9.17, 15) is 4.79 Å². The second-order valence-electron chi connectivity index (χ2n) is 6.85. The summed E-state index contributed by atoms with van der Waals surface area (Å²) < 4.78 is 1.39. The molecule has 1 saturated heterocycles. The zero-order valence-corrected chi connectivity index (χ0v) is 13.8. The second kappa shape index (κ2) is 5.36. The number of piperidine rings is 1. The lowest BCUT2D eigenvalue weighted by Crippen LogP contribution is -2.37. The Labute approximate surface area is 135 Å². The molecule has 3 nitrogen and oxygen atoms in total. The van der Waals surface area contributed by atoms with Crippen LogP contribution >= 0.6 is 11.3 Å². The molecule has 2 aromatic rings. The zero-order chi connectivity index (χ0) is 15.2. The van der Waals surface area contributed by atoms with Gasteiger partial charge < -0.3 is 5.32 Å². The molecule has 1 aromatic carbocycles. The van der Waals surface area contributed by atoms with E-state index in [1.807, 2.05) is 11.3 Å². The van der Waals surface area contributed by atoms with Crippen LogP contribution in [0.2, 0.25) is 0 Å². The number of nitrogens with zero attached hydrogens (tertiary/aromatic N) is 1. The molecule has 0 bridgehead atoms. The highest BCUT2D eigenvalue weighted by atomic mass is 32.1. The van der Waals surface area contributed by atoms with Gasteiger partial charge in [0.2, 0.25) is 5.91 Å². The summed E-state index contributed by atoms with van der Waals surface area (Å²) in [5.41, 5.74) is 0.419. The lowest BCUT2D eigenvalue weighted by molar-refractivity contribution is -0.119. The minimum absolute atomic E-state index is 0.120. The van der Waals surface area contributed by atoms with E-state index in [2.05, 4.69) is 40.5 Å². The first-order chi connectivity index (χ1) is 10.6. The SMILES string of the molecule is CC(=O)NC1CC12CCN(Cc1cc3ccccc3s1)CC2. The van der Waals surface area contributed by atoms with Crippen molar-refractivity contribution >= 4 is 27.3 Å². The number of hydrogen-bond acceptors (Lipinski definition) is 3. The van der Waals surface area contributed by atoms with Gasteiger partial charge >= 0.3 is 0 Å². The van der Waals surface area contributed by atoms with Crippen LogP contribution in [0.25, 0.3) is 10.1 Å². The summed E-state index contributed by atoms with van der Waals surface area (Å²) in [6.45, 7) is 5.01. The number of fused-ring (bicyclic) bond motifs is 1. The number of hydrogen-bond donors (Lipinski definition) is 1. The first-order valence-corrected chi connectivity index (χ1v) is 8.93. The maximum absolute atomic E-state index is 11.2. The fraction of sp³-hybridized carbons (Fsp3) is 0.500. The number of carbonyl (C=O) groups excluding carboxylic acids is 1. The summed E-state index contributed by atoms with van der Waals surface area (Å²) in [6.07, 6.45) is 3.63. The van der Waals surface area contributed by atoms with Gasteiger partial charge in [0.25, 0.3) is 0 Å². The quantitative estimate of drug-likeness (QED) is 0.942. The average molecular weight is 314 g/mol. The van der Waals surface area contributed by atoms with Crippen LogP contribution in [-0.4, -0.2) is 29.9 Å². The van der Waals surface area contributed by atoms with Gasteiger partial charge in [-0.2, -0.15) is 0 Å². The molecule has 0 radical (unpaired) electrons. The molecule has 4 rings (SSSR count). The van der Waals surface area contributed by atoms with Crippen molar-refractivity contribution in [2.45, 2.75) is 38.8 Å². The van der Waals surface area contributed by atoms with Crippen LogP contribution in [0.15, 0.2) is 30.3 Å². The van der Waals surface area contributed by atoms with Gasteiger partial charge in [0.15, 0.2) is 0 Å². The highest BCUT2D eigenvalue weighted by Crippen LogP contribution is 2.54. The van der Waals surface area contributed by atoms with Crippen LogP contribution in [0.1, 0.15) is 31.1 Å². The minimum Gasteiger partial charge on any atom is -0.353 e. The van der Waals surface area contributed by atoms with Crippen LogP contribution in [0.5, 0.6) is 0 Å². The lowest BCUT2D eigenvalue weighted by atomic mass is 9.92. The van der Waals surface area contributed by atoms with Gasteiger partial charge in [0.1, 0.15) is 0 Å². The maximum atomic E-state index is 11.2. The van der Waals surface area contributed by atoms with E-state index in [4.69, 9.17) is 0 Å². The first-order valence-electron chi connectivity index (χ1n) is 8.12. The molecule has 116 valence electrons. The van der Waals surface area contributed by atoms with Gasteiger partial charge in [0.05, 0.1) is 0 Å². The molecular formula is C18H22N2OS. The van der Waals surface area contributed by atoms with Crippen molar-refractivity contribution in [3.8, 4) is 0 Å². The highest BCUT2D eigenvalue weighted by molar-refractivity contribution is 7.19. The zero-order valence-electron chi connectivity index (χ0n) is 13.0. The molecule has 1 spiro atoms. The fourth-order valence-electron chi connectivity index (χ4n) is 3.84. The van der Waals surface area contributed by atoms with Crippen molar-refractivity contribution in [2.24, 2.45) is 5.41 Å². The third-order valence-corrected chi connectivity index (χ3v) is 6.38. The molecule has 1 N–H and O–H groups in total. The van der Waals surface area contributed by atoms with Crippen molar-refractivity contribution in [3.05, 3.63) is 35.2 Å². The Morgan fingerprint density at radius 1 is 1.36 bits per heavy atom. The van der Waals surface area contributed by atoms with Gasteiger partial charge in [-0.15, -0.1) is 11.3 Å². The fourth-order valence-corrected chi connectivity index (χ4v) is 4.95. The lowest BCUT2D eigenvalue weighted by Gasteiger charge is -2.32. The number of nitrogens with one attached hydrogen (secondary N) is 1. The summed E-state index contributed by atoms with van der Waals surface area (Å²) in [5, 5.41) is 4.47. The Balaban J connectivity index is 1.35. The van der Waals surface area contributed by atoms with E-state index in [0.717, 1.165) is 19.6 Å². The predicted octanol–water partition coefficient (Wildman–Crippen LogP) is 3.39. The number of carbonyl (C=O) groups is 1. The van der Waals surface area contributed by atoms with Gasteiger partial charge in [-0.1, -0.05) is 18.2 Å². The smallest absolute Gasteiger partial charge is 0.217 e. The van der Waals surface area contributed by atoms with Crippen LogP contribution in [-0.2, 0) is 11.3 Å². The average Bonchev–Trinajstić information content (AvgIpc) is 2.96. The molecule has 1 amide bonds. The molecule has 2 aliphatic rings. The summed E-state index contributed by atoms with van der Waals surface area (Å²) in [4.78, 5) is 15.2. The van der Waals surface area contributed by atoms with E-state index >= 15 is 0 Å². The number of amides is 1. The number of benzene rings is 1. The topological polar surface area (TPSA) is 32.3 Å². The van der Waals surface area contributed by atoms with Crippen LogP contribution < -0.4 is 5.32 Å². The molecule has 1 atom stereocenters. The van der Waals surface area contributed by atoms with E-state index in [1.54, 1.807) is 6.92 Å². The van der Waals surface area contributed by atoms with Crippen molar-refractivity contribution in [2.75, 3.05) is 13.1 Å². The van der Waals surface area contributed by atoms with Crippen LogP contribution in [0, 0.1) is 5.41 Å². The molecule has 22 heavy (non-hydrogen) atoms. The standard InChI is InChI=1S/C18H22N2OS/c1-13(21)19-17-11-18(17)6-8-20(9-7-18)12-15-10-14-4-2-3-5-16(14)22-15/h2-5,10,17H,6-9,11-12H2,1H3,(H,19,21). The Kier molecular flexibility index (Phi) is 3.46. The van der Waals surface area contributed by atoms with E-state index < -0.39 is 0 Å². The number of thiophene rings is 1. The van der Waals surface area contributed by atoms with Crippen molar-refractivity contribution in [1.82, 2.24) is 10.2 Å². The Hall–Kier alpha value is -1.39. The van der Waals surface area contributed by atoms with Gasteiger partial charge in [-0.05, 0) is 55.3 Å². The molecule has 2 heterocycles. The summed E-state index contributed by atoms with van der Waals surface area (Å²) in [7, 11) is 0. The minimum atomic E-state index is 0.120. The van der Waals surface area contributed by atoms with E-state index in [-0.39, 0.29) is 5.91 Å². The molecule has 1 saturated carbocycles. The molecule has 1 unspecified atom stereocenters. The largest absolute Gasteiger partial charge is 0.353 e. The van der Waals surface area contributed by atoms with Crippen molar-refractivity contribution in [3.63, 3.8) is 0 Å². The monoisotopic (exact) mass is 314 g/mol. The Bertz CT molecular complexity index is 667. The Morgan fingerprint density at radius 3 is 2.86 bits per heavy atom. The third-order valence-electron chi connectivity index (χ3n) is 5.28. The Morgan fingerprint density at radius 2 is 2.14 bits per heavy atom. The number of rotatable bonds is 3. The van der Waals surface area contributed by atoms with Gasteiger partial charge in [-0.25, -0.2) is 0 Å². The third kappa shape index (κ3) is 2.66. The van der Waals surface area contributed by atoms with Crippen LogP contribution in [0.3, 0.4) is 0 Å². The van der Waals surface area contributed by atoms with Crippen molar-refractivity contribution in [1.29, 1.82) is 0 Å². The van der Waals surface area contributed by atoms with E-state index in [0.29, 0.717) is 11.5 Å². The van der Waals surface area contributed by atoms with Gasteiger partial charge in [0, 0.05) is 29.1 Å². The molecule has 2 fully saturated rings. The van der Waals surface area contributed by atoms with Crippen LogP contribution in [0.4, 0.5) is 0 Å². The number of likely N-dealkylation sites (tertiary alicyclic amines) is 1.